The highest BCUT2D eigenvalue weighted by Crippen LogP contribution is 2.33. The largest absolute Gasteiger partial charge is 0.377 e. The smallest absolute Gasteiger partial charge is 0.141 e. The highest BCUT2D eigenvalue weighted by molar-refractivity contribution is 6.13. The van der Waals surface area contributed by atoms with Gasteiger partial charge >= 0.3 is 0 Å². The minimum atomic E-state index is -0.127. The summed E-state index contributed by atoms with van der Waals surface area (Å²) < 4.78 is 0. The zero-order valence-corrected chi connectivity index (χ0v) is 17.2. The Morgan fingerprint density at radius 2 is 1.81 bits per heavy atom. The molecule has 3 rings (SSSR count). The van der Waals surface area contributed by atoms with E-state index in [0.29, 0.717) is 12.2 Å². The van der Waals surface area contributed by atoms with Crippen molar-refractivity contribution in [1.82, 2.24) is 0 Å². The van der Waals surface area contributed by atoms with Gasteiger partial charge in [-0.1, -0.05) is 31.7 Å². The molecular formula is C23H34N2O. The van der Waals surface area contributed by atoms with E-state index in [2.05, 4.69) is 51.9 Å². The van der Waals surface area contributed by atoms with Crippen LogP contribution in [0.4, 0.5) is 5.69 Å². The molecule has 0 spiro atoms. The molecule has 1 aliphatic carbocycles. The predicted molar refractivity (Wildman–Crippen MR) is 111 cm³/mol. The summed E-state index contributed by atoms with van der Waals surface area (Å²) in [5, 5.41) is 0. The number of carbonyl (C=O) groups is 1. The molecule has 0 amide bonds. The Morgan fingerprint density at radius 3 is 2.42 bits per heavy atom. The third kappa shape index (κ3) is 4.19. The Balaban J connectivity index is 1.91. The number of benzene rings is 1. The summed E-state index contributed by atoms with van der Waals surface area (Å²) >= 11 is 0. The second-order valence-electron chi connectivity index (χ2n) is 9.07. The van der Waals surface area contributed by atoms with Crippen molar-refractivity contribution in [1.29, 1.82) is 0 Å². The summed E-state index contributed by atoms with van der Waals surface area (Å²) in [6, 6.07) is 4.55. The summed E-state index contributed by atoms with van der Waals surface area (Å²) in [7, 11) is 4.16. The number of aryl methyl sites for hydroxylation is 1. The molecule has 0 unspecified atom stereocenters. The maximum absolute atomic E-state index is 13.0. The van der Waals surface area contributed by atoms with Gasteiger partial charge in [0.25, 0.3) is 0 Å². The van der Waals surface area contributed by atoms with Crippen LogP contribution >= 0.6 is 0 Å². The molecule has 0 atom stereocenters. The van der Waals surface area contributed by atoms with Gasteiger partial charge in [-0.25, -0.2) is 0 Å². The van der Waals surface area contributed by atoms with Crippen molar-refractivity contribution in [3.05, 3.63) is 28.8 Å². The van der Waals surface area contributed by atoms with Crippen molar-refractivity contribution in [2.45, 2.75) is 77.7 Å². The van der Waals surface area contributed by atoms with Crippen molar-refractivity contribution >= 4 is 17.2 Å². The van der Waals surface area contributed by atoms with Crippen molar-refractivity contribution in [3.63, 3.8) is 0 Å². The fourth-order valence-corrected chi connectivity index (χ4v) is 4.63. The first kappa shape index (κ1) is 19.1. The van der Waals surface area contributed by atoms with E-state index in [4.69, 9.17) is 4.99 Å². The van der Waals surface area contributed by atoms with E-state index >= 15 is 0 Å². The first-order chi connectivity index (χ1) is 12.3. The summed E-state index contributed by atoms with van der Waals surface area (Å²) in [6.07, 6.45) is 8.55. The molecule has 1 fully saturated rings. The lowest BCUT2D eigenvalue weighted by Crippen LogP contribution is -2.31. The van der Waals surface area contributed by atoms with Crippen LogP contribution in [0, 0.1) is 12.8 Å². The van der Waals surface area contributed by atoms with E-state index in [0.717, 1.165) is 25.0 Å². The van der Waals surface area contributed by atoms with E-state index in [9.17, 15) is 4.79 Å². The zero-order chi connectivity index (χ0) is 18.9. The Hall–Kier alpha value is -1.64. The third-order valence-corrected chi connectivity index (χ3v) is 5.93. The molecule has 1 aliphatic heterocycles. The number of hydrogen-bond donors (Lipinski definition) is 0. The van der Waals surface area contributed by atoms with Crippen LogP contribution in [-0.2, 0) is 11.2 Å². The molecule has 142 valence electrons. The quantitative estimate of drug-likeness (QED) is 0.704. The fourth-order valence-electron chi connectivity index (χ4n) is 4.63. The lowest BCUT2D eigenvalue weighted by Gasteiger charge is -2.31. The van der Waals surface area contributed by atoms with E-state index < -0.39 is 0 Å². The molecular weight excluding hydrogens is 320 g/mol. The van der Waals surface area contributed by atoms with Gasteiger partial charge in [0.1, 0.15) is 5.78 Å². The number of aliphatic imine (C=N–C) groups is 1. The van der Waals surface area contributed by atoms with Crippen LogP contribution in [0.15, 0.2) is 17.1 Å². The molecule has 3 nitrogen and oxygen atoms in total. The number of ketones is 1. The Kier molecular flexibility index (Phi) is 5.55. The lowest BCUT2D eigenvalue weighted by molar-refractivity contribution is -0.122. The Morgan fingerprint density at radius 1 is 1.15 bits per heavy atom. The number of fused-ring (bicyclic) bond motifs is 1. The molecule has 0 radical (unpaired) electrons. The maximum Gasteiger partial charge on any atom is 0.141 e. The predicted octanol–water partition coefficient (Wildman–Crippen LogP) is 5.11. The van der Waals surface area contributed by atoms with Crippen LogP contribution < -0.4 is 4.90 Å². The van der Waals surface area contributed by atoms with Crippen LogP contribution in [0.3, 0.4) is 0 Å². The minimum absolute atomic E-state index is 0.127. The molecule has 0 saturated heterocycles. The average molecular weight is 355 g/mol. The van der Waals surface area contributed by atoms with Gasteiger partial charge in [0, 0.05) is 37.7 Å². The SMILES string of the molecule is Cc1cc2c(cc1N(C)C)C(CC(=O)C1CCCCCC1)=NC(C)(C)C2. The number of nitrogens with zero attached hydrogens (tertiary/aromatic N) is 2. The van der Waals surface area contributed by atoms with E-state index in [1.54, 1.807) is 0 Å². The molecule has 1 aromatic rings. The van der Waals surface area contributed by atoms with Gasteiger partial charge in [-0.2, -0.15) is 0 Å². The first-order valence-electron chi connectivity index (χ1n) is 10.2. The molecule has 3 heteroatoms. The highest BCUT2D eigenvalue weighted by atomic mass is 16.1. The van der Waals surface area contributed by atoms with Crippen molar-refractivity contribution < 1.29 is 4.79 Å². The second-order valence-corrected chi connectivity index (χ2v) is 9.07. The maximum atomic E-state index is 13.0. The molecule has 26 heavy (non-hydrogen) atoms. The van der Waals surface area contributed by atoms with Gasteiger partial charge in [-0.3, -0.25) is 9.79 Å². The van der Waals surface area contributed by atoms with Crippen LogP contribution in [0.5, 0.6) is 0 Å². The van der Waals surface area contributed by atoms with Gasteiger partial charge in [0.2, 0.25) is 0 Å². The molecule has 1 aromatic carbocycles. The van der Waals surface area contributed by atoms with Gasteiger partial charge in [0.15, 0.2) is 0 Å². The monoisotopic (exact) mass is 354 g/mol. The van der Waals surface area contributed by atoms with Crippen LogP contribution in [0.2, 0.25) is 0 Å². The first-order valence-corrected chi connectivity index (χ1v) is 10.2. The lowest BCUT2D eigenvalue weighted by atomic mass is 9.82. The number of rotatable bonds is 4. The van der Waals surface area contributed by atoms with Gasteiger partial charge in [-0.15, -0.1) is 0 Å². The molecule has 1 heterocycles. The zero-order valence-electron chi connectivity index (χ0n) is 17.2. The Bertz CT molecular complexity index is 707. The van der Waals surface area contributed by atoms with Crippen molar-refractivity contribution in [2.24, 2.45) is 10.9 Å². The van der Waals surface area contributed by atoms with Crippen LogP contribution in [0.25, 0.3) is 0 Å². The fraction of sp³-hybridized carbons (Fsp3) is 0.652. The second kappa shape index (κ2) is 7.54. The molecule has 0 aromatic heterocycles. The summed E-state index contributed by atoms with van der Waals surface area (Å²) in [5.74, 6) is 0.647. The van der Waals surface area contributed by atoms with Gasteiger partial charge in [0.05, 0.1) is 11.3 Å². The van der Waals surface area contributed by atoms with E-state index in [1.807, 2.05) is 0 Å². The summed E-state index contributed by atoms with van der Waals surface area (Å²) in [5.41, 5.74) is 5.93. The molecule has 2 aliphatic rings. The van der Waals surface area contributed by atoms with Crippen molar-refractivity contribution in [3.8, 4) is 0 Å². The minimum Gasteiger partial charge on any atom is -0.377 e. The summed E-state index contributed by atoms with van der Waals surface area (Å²) in [6.45, 7) is 6.53. The highest BCUT2D eigenvalue weighted by Gasteiger charge is 2.30. The van der Waals surface area contributed by atoms with Gasteiger partial charge in [-0.05, 0) is 57.2 Å². The number of hydrogen-bond acceptors (Lipinski definition) is 3. The van der Waals surface area contributed by atoms with E-state index in [1.165, 1.54) is 48.1 Å². The number of carbonyl (C=O) groups excluding carboxylic acids is 1. The molecule has 0 bridgehead atoms. The van der Waals surface area contributed by atoms with Gasteiger partial charge < -0.3 is 4.90 Å². The molecule has 1 saturated carbocycles. The van der Waals surface area contributed by atoms with Crippen LogP contribution in [-0.4, -0.2) is 31.1 Å². The normalized spacial score (nSPS) is 20.1. The standard InChI is InChI=1S/C23H34N2O/c1-16-12-18-15-23(2,3)24-20(19(18)13-21(16)25(4)5)14-22(26)17-10-8-6-7-9-11-17/h12-13,17H,6-11,14-15H2,1-5H3. The molecule has 0 N–H and O–H groups in total. The van der Waals surface area contributed by atoms with Crippen LogP contribution in [0.1, 0.15) is 75.5 Å². The third-order valence-electron chi connectivity index (χ3n) is 5.93. The summed E-state index contributed by atoms with van der Waals surface area (Å²) in [4.78, 5) is 20.2. The Labute approximate surface area is 158 Å². The average Bonchev–Trinajstić information content (AvgIpc) is 2.82. The topological polar surface area (TPSA) is 32.7 Å². The van der Waals surface area contributed by atoms with Crippen molar-refractivity contribution in [2.75, 3.05) is 19.0 Å². The number of anilines is 1. The number of Topliss-reactive ketones (excluding diaryl/α,β-unsaturated/α-hetero) is 1. The van der Waals surface area contributed by atoms with E-state index in [-0.39, 0.29) is 11.5 Å².